The van der Waals surface area contributed by atoms with E-state index in [2.05, 4.69) is 10.0 Å². The largest absolute Gasteiger partial charge is 0.452 e. The zero-order valence-electron chi connectivity index (χ0n) is 17.3. The quantitative estimate of drug-likeness (QED) is 0.437. The van der Waals surface area contributed by atoms with Gasteiger partial charge in [0.2, 0.25) is 0 Å². The van der Waals surface area contributed by atoms with E-state index in [1.54, 1.807) is 12.1 Å². The first-order chi connectivity index (χ1) is 15.2. The molecule has 1 amide bonds. The van der Waals surface area contributed by atoms with Crippen LogP contribution in [0.5, 0.6) is 0 Å². The van der Waals surface area contributed by atoms with E-state index in [1.165, 1.54) is 24.3 Å². The number of benzene rings is 2. The molecular formula is C22H21ClN2O5S2. The zero-order chi connectivity index (χ0) is 23.3. The lowest BCUT2D eigenvalue weighted by Crippen LogP contribution is -2.23. The predicted molar refractivity (Wildman–Crippen MR) is 126 cm³/mol. The van der Waals surface area contributed by atoms with Crippen molar-refractivity contribution in [1.82, 2.24) is 0 Å². The number of thiophene rings is 1. The number of hydrogen-bond donors (Lipinski definition) is 2. The van der Waals surface area contributed by atoms with Crippen molar-refractivity contribution >= 4 is 56.2 Å². The summed E-state index contributed by atoms with van der Waals surface area (Å²) in [6.45, 7) is 3.34. The highest BCUT2D eigenvalue weighted by molar-refractivity contribution is 7.94. The summed E-state index contributed by atoms with van der Waals surface area (Å²) in [6, 6.07) is 14.5. The molecule has 0 aliphatic heterocycles. The van der Waals surface area contributed by atoms with Crippen LogP contribution in [-0.2, 0) is 26.0 Å². The molecule has 10 heteroatoms. The summed E-state index contributed by atoms with van der Waals surface area (Å²) >= 11 is 6.72. The molecule has 0 radical (unpaired) electrons. The number of amides is 1. The smallest absolute Gasteiger partial charge is 0.340 e. The van der Waals surface area contributed by atoms with Gasteiger partial charge >= 0.3 is 5.97 Å². The lowest BCUT2D eigenvalue weighted by atomic mass is 10.1. The second-order valence-electron chi connectivity index (χ2n) is 6.80. The number of nitrogens with one attached hydrogen (secondary N) is 2. The summed E-state index contributed by atoms with van der Waals surface area (Å²) in [5.41, 5.74) is 2.58. The van der Waals surface area contributed by atoms with Crippen molar-refractivity contribution in [2.75, 3.05) is 16.6 Å². The number of anilines is 2. The summed E-state index contributed by atoms with van der Waals surface area (Å²) in [7, 11) is -3.94. The van der Waals surface area contributed by atoms with Gasteiger partial charge in [0.1, 0.15) is 4.21 Å². The van der Waals surface area contributed by atoms with Crippen LogP contribution in [0.2, 0.25) is 4.34 Å². The van der Waals surface area contributed by atoms with Crippen LogP contribution in [0.1, 0.15) is 28.4 Å². The molecular weight excluding hydrogens is 472 g/mol. The molecule has 32 heavy (non-hydrogen) atoms. The minimum atomic E-state index is -3.94. The molecule has 168 valence electrons. The molecule has 0 aliphatic carbocycles. The summed E-state index contributed by atoms with van der Waals surface area (Å²) in [6.07, 6.45) is 0.736. The van der Waals surface area contributed by atoms with E-state index >= 15 is 0 Å². The van der Waals surface area contributed by atoms with E-state index in [0.29, 0.717) is 10.0 Å². The van der Waals surface area contributed by atoms with Gasteiger partial charge in [-0.3, -0.25) is 9.52 Å². The van der Waals surface area contributed by atoms with Gasteiger partial charge in [-0.1, -0.05) is 48.9 Å². The molecule has 2 aromatic carbocycles. The lowest BCUT2D eigenvalue weighted by molar-refractivity contribution is -0.119. The highest BCUT2D eigenvalue weighted by Crippen LogP contribution is 2.28. The Labute approximate surface area is 195 Å². The standard InChI is InChI=1S/C22H21ClN2O5S2/c1-3-15-8-6-7-14(2)21(15)24-19(26)13-30-22(27)16-9-4-5-10-17(16)25-32(28,29)20-12-11-18(23)31-20/h4-12,25H,3,13H2,1-2H3,(H,24,26). The topological polar surface area (TPSA) is 102 Å². The minimum Gasteiger partial charge on any atom is -0.452 e. The maximum absolute atomic E-state index is 12.6. The molecule has 0 bridgehead atoms. The van der Waals surface area contributed by atoms with E-state index < -0.39 is 28.5 Å². The number of rotatable bonds is 8. The number of aryl methyl sites for hydroxylation is 2. The average molecular weight is 493 g/mol. The van der Waals surface area contributed by atoms with Crippen LogP contribution in [0.15, 0.2) is 58.8 Å². The summed E-state index contributed by atoms with van der Waals surface area (Å²) in [4.78, 5) is 24.9. The Balaban J connectivity index is 1.69. The van der Waals surface area contributed by atoms with Gasteiger partial charge in [0.25, 0.3) is 15.9 Å². The van der Waals surface area contributed by atoms with Crippen LogP contribution < -0.4 is 10.0 Å². The van der Waals surface area contributed by atoms with Crippen LogP contribution in [-0.4, -0.2) is 26.9 Å². The monoisotopic (exact) mass is 492 g/mol. The van der Waals surface area contributed by atoms with E-state index in [9.17, 15) is 18.0 Å². The fraction of sp³-hybridized carbons (Fsp3) is 0.182. The molecule has 0 aliphatic rings. The Bertz CT molecular complexity index is 1250. The van der Waals surface area contributed by atoms with Crippen LogP contribution in [0.3, 0.4) is 0 Å². The first-order valence-corrected chi connectivity index (χ1v) is 12.3. The summed E-state index contributed by atoms with van der Waals surface area (Å²) in [5, 5.41) is 2.77. The number of carbonyl (C=O) groups excluding carboxylic acids is 2. The van der Waals surface area contributed by atoms with Gasteiger partial charge < -0.3 is 10.1 Å². The second-order valence-corrected chi connectivity index (χ2v) is 10.4. The van der Waals surface area contributed by atoms with Crippen LogP contribution in [0.25, 0.3) is 0 Å². The van der Waals surface area contributed by atoms with Gasteiger partial charge in [-0.15, -0.1) is 11.3 Å². The molecule has 0 atom stereocenters. The molecule has 3 rings (SSSR count). The third-order valence-corrected chi connectivity index (χ3v) is 7.63. The molecule has 0 spiro atoms. The molecule has 0 saturated heterocycles. The van der Waals surface area contributed by atoms with Crippen molar-refractivity contribution in [2.24, 2.45) is 0 Å². The maximum Gasteiger partial charge on any atom is 0.340 e. The average Bonchev–Trinajstić information content (AvgIpc) is 3.21. The summed E-state index contributed by atoms with van der Waals surface area (Å²) < 4.78 is 33.0. The normalized spacial score (nSPS) is 11.1. The number of ether oxygens (including phenoxy) is 1. The molecule has 3 aromatic rings. The van der Waals surface area contributed by atoms with Crippen LogP contribution >= 0.6 is 22.9 Å². The first kappa shape index (κ1) is 23.8. The molecule has 2 N–H and O–H groups in total. The predicted octanol–water partition coefficient (Wildman–Crippen LogP) is 4.87. The van der Waals surface area contributed by atoms with E-state index in [1.807, 2.05) is 32.0 Å². The third-order valence-electron chi connectivity index (χ3n) is 4.54. The Morgan fingerprint density at radius 1 is 1.06 bits per heavy atom. The Morgan fingerprint density at radius 2 is 1.81 bits per heavy atom. The van der Waals surface area contributed by atoms with Crippen LogP contribution in [0, 0.1) is 6.92 Å². The Kier molecular flexibility index (Phi) is 7.55. The van der Waals surface area contributed by atoms with E-state index in [0.717, 1.165) is 28.9 Å². The van der Waals surface area contributed by atoms with Crippen molar-refractivity contribution < 1.29 is 22.7 Å². The molecule has 1 heterocycles. The molecule has 1 aromatic heterocycles. The van der Waals surface area contributed by atoms with Gasteiger partial charge in [0, 0.05) is 5.69 Å². The van der Waals surface area contributed by atoms with E-state index in [-0.39, 0.29) is 15.5 Å². The van der Waals surface area contributed by atoms with Gasteiger partial charge in [0.15, 0.2) is 6.61 Å². The molecule has 7 nitrogen and oxygen atoms in total. The molecule has 0 fully saturated rings. The number of halogens is 1. The molecule has 0 unspecified atom stereocenters. The Morgan fingerprint density at radius 3 is 2.50 bits per heavy atom. The van der Waals surface area contributed by atoms with E-state index in [4.69, 9.17) is 16.3 Å². The van der Waals surface area contributed by atoms with Crippen molar-refractivity contribution in [3.63, 3.8) is 0 Å². The van der Waals surface area contributed by atoms with Crippen molar-refractivity contribution in [3.8, 4) is 0 Å². The Hall–Kier alpha value is -2.88. The minimum absolute atomic E-state index is 0.00927. The molecule has 0 saturated carbocycles. The first-order valence-electron chi connectivity index (χ1n) is 9.64. The fourth-order valence-corrected chi connectivity index (χ4v) is 5.54. The van der Waals surface area contributed by atoms with Crippen molar-refractivity contribution in [1.29, 1.82) is 0 Å². The van der Waals surface area contributed by atoms with Gasteiger partial charge in [-0.2, -0.15) is 0 Å². The number of para-hydroxylation sites is 2. The summed E-state index contributed by atoms with van der Waals surface area (Å²) in [5.74, 6) is -1.32. The van der Waals surface area contributed by atoms with Gasteiger partial charge in [-0.05, 0) is 48.7 Å². The zero-order valence-corrected chi connectivity index (χ0v) is 19.7. The SMILES string of the molecule is CCc1cccc(C)c1NC(=O)COC(=O)c1ccccc1NS(=O)(=O)c1ccc(Cl)s1. The van der Waals surface area contributed by atoms with Crippen molar-refractivity contribution in [3.05, 3.63) is 75.6 Å². The van der Waals surface area contributed by atoms with Gasteiger partial charge in [-0.25, -0.2) is 13.2 Å². The highest BCUT2D eigenvalue weighted by Gasteiger charge is 2.21. The maximum atomic E-state index is 12.6. The number of carbonyl (C=O) groups is 2. The number of hydrogen-bond acceptors (Lipinski definition) is 6. The second kappa shape index (κ2) is 10.2. The van der Waals surface area contributed by atoms with Crippen LogP contribution in [0.4, 0.5) is 11.4 Å². The highest BCUT2D eigenvalue weighted by atomic mass is 35.5. The number of esters is 1. The number of sulfonamides is 1. The van der Waals surface area contributed by atoms with Crippen molar-refractivity contribution in [2.45, 2.75) is 24.5 Å². The third kappa shape index (κ3) is 5.67. The lowest BCUT2D eigenvalue weighted by Gasteiger charge is -2.14. The van der Waals surface area contributed by atoms with Gasteiger partial charge in [0.05, 0.1) is 15.6 Å². The fourth-order valence-electron chi connectivity index (χ4n) is 2.97.